The first-order valence-corrected chi connectivity index (χ1v) is 8.86. The standard InChI is InChI=1S/C19H29N3O/c1-14(2)12-19(9-5-10-19)13-21-18(20)22-16-8-11-23-17-7-4-3-6-15(16)17/h3-4,6-7,14,16H,5,8-13H2,1-2H3,(H3,20,21,22). The highest BCUT2D eigenvalue weighted by Gasteiger charge is 2.37. The van der Waals surface area contributed by atoms with E-state index in [1.807, 2.05) is 18.2 Å². The molecular weight excluding hydrogens is 286 g/mol. The Labute approximate surface area is 139 Å². The van der Waals surface area contributed by atoms with Crippen LogP contribution in [-0.4, -0.2) is 19.1 Å². The Balaban J connectivity index is 1.62. The van der Waals surface area contributed by atoms with Crippen molar-refractivity contribution in [2.24, 2.45) is 22.1 Å². The second-order valence-electron chi connectivity index (χ2n) is 7.52. The summed E-state index contributed by atoms with van der Waals surface area (Å²) in [6, 6.07) is 8.37. The van der Waals surface area contributed by atoms with Gasteiger partial charge < -0.3 is 15.8 Å². The Morgan fingerprint density at radius 1 is 1.39 bits per heavy atom. The van der Waals surface area contributed by atoms with E-state index in [1.165, 1.54) is 31.2 Å². The van der Waals surface area contributed by atoms with Crippen molar-refractivity contribution < 1.29 is 4.74 Å². The molecule has 1 unspecified atom stereocenters. The van der Waals surface area contributed by atoms with E-state index in [0.29, 0.717) is 11.4 Å². The molecule has 1 aromatic carbocycles. The minimum atomic E-state index is 0.200. The lowest BCUT2D eigenvalue weighted by molar-refractivity contribution is 0.111. The minimum absolute atomic E-state index is 0.200. The Morgan fingerprint density at radius 3 is 2.87 bits per heavy atom. The Bertz CT molecular complexity index is 563. The number of hydrogen-bond acceptors (Lipinski definition) is 2. The van der Waals surface area contributed by atoms with Gasteiger partial charge in [0.2, 0.25) is 0 Å². The third kappa shape index (κ3) is 3.80. The summed E-state index contributed by atoms with van der Waals surface area (Å²) in [5.74, 6) is 2.25. The number of benzene rings is 1. The summed E-state index contributed by atoms with van der Waals surface area (Å²) in [5.41, 5.74) is 7.75. The zero-order valence-corrected chi connectivity index (χ0v) is 14.3. The summed E-state index contributed by atoms with van der Waals surface area (Å²) < 4.78 is 5.70. The highest BCUT2D eigenvalue weighted by atomic mass is 16.5. The number of rotatable bonds is 5. The zero-order chi connectivity index (χ0) is 16.3. The molecule has 3 rings (SSSR count). The van der Waals surface area contributed by atoms with E-state index in [-0.39, 0.29) is 6.04 Å². The molecule has 4 nitrogen and oxygen atoms in total. The molecule has 1 saturated carbocycles. The smallest absolute Gasteiger partial charge is 0.189 e. The molecule has 1 heterocycles. The monoisotopic (exact) mass is 315 g/mol. The third-order valence-corrected chi connectivity index (χ3v) is 5.12. The van der Waals surface area contributed by atoms with Gasteiger partial charge in [0, 0.05) is 18.5 Å². The molecule has 0 aromatic heterocycles. The average molecular weight is 315 g/mol. The van der Waals surface area contributed by atoms with Crippen molar-refractivity contribution in [1.82, 2.24) is 5.32 Å². The average Bonchev–Trinajstić information content (AvgIpc) is 2.50. The van der Waals surface area contributed by atoms with Crippen molar-refractivity contribution >= 4 is 5.96 Å². The Morgan fingerprint density at radius 2 is 2.17 bits per heavy atom. The maximum absolute atomic E-state index is 6.18. The van der Waals surface area contributed by atoms with E-state index < -0.39 is 0 Å². The third-order valence-electron chi connectivity index (χ3n) is 5.12. The number of hydrogen-bond donors (Lipinski definition) is 2. The van der Waals surface area contributed by atoms with Gasteiger partial charge in [-0.2, -0.15) is 0 Å². The summed E-state index contributed by atoms with van der Waals surface area (Å²) in [5, 5.41) is 3.40. The molecule has 4 heteroatoms. The molecule has 0 radical (unpaired) electrons. The van der Waals surface area contributed by atoms with Gasteiger partial charge in [-0.25, -0.2) is 0 Å². The number of nitrogens with one attached hydrogen (secondary N) is 1. The molecule has 3 N–H and O–H groups in total. The van der Waals surface area contributed by atoms with Crippen LogP contribution in [-0.2, 0) is 0 Å². The van der Waals surface area contributed by atoms with Crippen LogP contribution in [0.4, 0.5) is 0 Å². The number of ether oxygens (including phenoxy) is 1. The molecule has 0 saturated heterocycles. The van der Waals surface area contributed by atoms with Crippen molar-refractivity contribution in [3.63, 3.8) is 0 Å². The number of nitrogens with zero attached hydrogens (tertiary/aromatic N) is 1. The number of para-hydroxylation sites is 1. The van der Waals surface area contributed by atoms with Gasteiger partial charge >= 0.3 is 0 Å². The summed E-state index contributed by atoms with van der Waals surface area (Å²) in [4.78, 5) is 4.68. The van der Waals surface area contributed by atoms with Crippen LogP contribution in [0.25, 0.3) is 0 Å². The van der Waals surface area contributed by atoms with Gasteiger partial charge in [0.25, 0.3) is 0 Å². The second-order valence-corrected chi connectivity index (χ2v) is 7.52. The SMILES string of the molecule is CC(C)CC1(CN=C(N)NC2CCOc3ccccc32)CCC1. The van der Waals surface area contributed by atoms with Gasteiger partial charge in [-0.1, -0.05) is 38.5 Å². The number of aliphatic imine (C=N–C) groups is 1. The second kappa shape index (κ2) is 6.81. The fourth-order valence-corrected chi connectivity index (χ4v) is 3.94. The highest BCUT2D eigenvalue weighted by Crippen LogP contribution is 2.46. The maximum atomic E-state index is 6.18. The van der Waals surface area contributed by atoms with Crippen LogP contribution in [0.1, 0.15) is 57.6 Å². The molecule has 0 spiro atoms. The van der Waals surface area contributed by atoms with Gasteiger partial charge in [-0.3, -0.25) is 4.99 Å². The van der Waals surface area contributed by atoms with Gasteiger partial charge in [-0.15, -0.1) is 0 Å². The van der Waals surface area contributed by atoms with Crippen LogP contribution in [0.3, 0.4) is 0 Å². The Hall–Kier alpha value is -1.71. The van der Waals surface area contributed by atoms with E-state index in [4.69, 9.17) is 10.5 Å². The van der Waals surface area contributed by atoms with Gasteiger partial charge in [0.1, 0.15) is 5.75 Å². The normalized spacial score (nSPS) is 22.9. The molecule has 0 bridgehead atoms. The minimum Gasteiger partial charge on any atom is -0.493 e. The molecule has 126 valence electrons. The predicted molar refractivity (Wildman–Crippen MR) is 94.7 cm³/mol. The van der Waals surface area contributed by atoms with Crippen molar-refractivity contribution in [3.05, 3.63) is 29.8 Å². The van der Waals surface area contributed by atoms with E-state index in [2.05, 4.69) is 30.2 Å². The molecule has 0 amide bonds. The summed E-state index contributed by atoms with van der Waals surface area (Å²) in [6.45, 7) is 6.17. The van der Waals surface area contributed by atoms with Crippen LogP contribution < -0.4 is 15.8 Å². The van der Waals surface area contributed by atoms with E-state index >= 15 is 0 Å². The molecule has 1 aliphatic carbocycles. The molecule has 2 aliphatic rings. The van der Waals surface area contributed by atoms with Crippen molar-refractivity contribution in [2.45, 2.75) is 52.0 Å². The molecule has 1 aliphatic heterocycles. The summed E-state index contributed by atoms with van der Waals surface area (Å²) >= 11 is 0. The number of fused-ring (bicyclic) bond motifs is 1. The van der Waals surface area contributed by atoms with Crippen molar-refractivity contribution in [2.75, 3.05) is 13.2 Å². The van der Waals surface area contributed by atoms with Crippen LogP contribution in [0.2, 0.25) is 0 Å². The molecule has 1 aromatic rings. The topological polar surface area (TPSA) is 59.6 Å². The van der Waals surface area contributed by atoms with Gasteiger partial charge in [0.15, 0.2) is 5.96 Å². The molecular formula is C19H29N3O. The lowest BCUT2D eigenvalue weighted by Crippen LogP contribution is -2.40. The zero-order valence-electron chi connectivity index (χ0n) is 14.3. The number of nitrogens with two attached hydrogens (primary N) is 1. The van der Waals surface area contributed by atoms with Crippen LogP contribution >= 0.6 is 0 Å². The lowest BCUT2D eigenvalue weighted by Gasteiger charge is -2.42. The number of guanidine groups is 1. The van der Waals surface area contributed by atoms with Crippen LogP contribution in [0.5, 0.6) is 5.75 Å². The molecule has 23 heavy (non-hydrogen) atoms. The summed E-state index contributed by atoms with van der Waals surface area (Å²) in [6.07, 6.45) is 6.10. The van der Waals surface area contributed by atoms with Gasteiger partial charge in [0.05, 0.1) is 12.6 Å². The quantitative estimate of drug-likeness (QED) is 0.644. The van der Waals surface area contributed by atoms with Crippen LogP contribution in [0.15, 0.2) is 29.3 Å². The van der Waals surface area contributed by atoms with Crippen molar-refractivity contribution in [3.8, 4) is 5.75 Å². The first-order chi connectivity index (χ1) is 11.1. The van der Waals surface area contributed by atoms with E-state index in [9.17, 15) is 0 Å². The largest absolute Gasteiger partial charge is 0.493 e. The van der Waals surface area contributed by atoms with Gasteiger partial charge in [-0.05, 0) is 36.7 Å². The highest BCUT2D eigenvalue weighted by molar-refractivity contribution is 5.78. The lowest BCUT2D eigenvalue weighted by atomic mass is 9.64. The summed E-state index contributed by atoms with van der Waals surface area (Å²) in [7, 11) is 0. The fourth-order valence-electron chi connectivity index (χ4n) is 3.94. The first kappa shape index (κ1) is 16.2. The van der Waals surface area contributed by atoms with E-state index in [1.54, 1.807) is 0 Å². The molecule has 1 atom stereocenters. The predicted octanol–water partition coefficient (Wildman–Crippen LogP) is 3.63. The Kier molecular flexibility index (Phi) is 4.79. The van der Waals surface area contributed by atoms with Crippen LogP contribution in [0, 0.1) is 11.3 Å². The fraction of sp³-hybridized carbons (Fsp3) is 0.632. The first-order valence-electron chi connectivity index (χ1n) is 8.86. The maximum Gasteiger partial charge on any atom is 0.189 e. The van der Waals surface area contributed by atoms with Crippen molar-refractivity contribution in [1.29, 1.82) is 0 Å². The molecule has 1 fully saturated rings. The van der Waals surface area contributed by atoms with E-state index in [0.717, 1.165) is 31.2 Å².